The molecule has 128 valence electrons. The molecule has 7 heteroatoms. The molecule has 0 bridgehead atoms. The second kappa shape index (κ2) is 5.93. The van der Waals surface area contributed by atoms with Gasteiger partial charge in [0.25, 0.3) is 5.89 Å². The quantitative estimate of drug-likeness (QED) is 0.559. The molecule has 0 amide bonds. The summed E-state index contributed by atoms with van der Waals surface area (Å²) >= 11 is 1.68. The number of hydrogen-bond acceptors (Lipinski definition) is 6. The molecule has 1 aromatic carbocycles. The fourth-order valence-corrected chi connectivity index (χ4v) is 4.67. The van der Waals surface area contributed by atoms with Crippen molar-refractivity contribution in [2.75, 3.05) is 13.1 Å². The largest absolute Gasteiger partial charge is 0.418 e. The summed E-state index contributed by atoms with van der Waals surface area (Å²) in [6.45, 7) is 4.96. The maximum Gasteiger partial charge on any atom is 0.266 e. The van der Waals surface area contributed by atoms with Gasteiger partial charge in [-0.2, -0.15) is 0 Å². The second-order valence-electron chi connectivity index (χ2n) is 6.57. The number of fused-ring (bicyclic) bond motifs is 3. The molecule has 0 atom stereocenters. The smallest absolute Gasteiger partial charge is 0.266 e. The molecule has 1 aliphatic rings. The number of imidazole rings is 1. The van der Waals surface area contributed by atoms with Crippen LogP contribution in [0.1, 0.15) is 30.8 Å². The SMILES string of the molecule is Cc1nc2sc3ccccc3n2c1-c1nnc(CN2CCCCC2)o1. The standard InChI is InChI=1S/C18H19N5OS/c1-12-16(23-13-7-3-4-8-14(13)25-18(23)19-12)17-21-20-15(24-17)11-22-9-5-2-6-10-22/h3-4,7-8H,2,5-6,9-11H2,1H3. The lowest BCUT2D eigenvalue weighted by molar-refractivity contribution is 0.202. The molecule has 0 spiro atoms. The fraction of sp³-hybridized carbons (Fsp3) is 0.389. The summed E-state index contributed by atoms with van der Waals surface area (Å²) in [5.41, 5.74) is 2.96. The third kappa shape index (κ3) is 2.54. The Labute approximate surface area is 149 Å². The minimum atomic E-state index is 0.556. The Kier molecular flexibility index (Phi) is 3.57. The normalized spacial score (nSPS) is 16.2. The Morgan fingerprint density at radius 2 is 1.96 bits per heavy atom. The zero-order valence-corrected chi connectivity index (χ0v) is 14.9. The van der Waals surface area contributed by atoms with Crippen molar-refractivity contribution < 1.29 is 4.42 Å². The third-order valence-corrected chi connectivity index (χ3v) is 5.83. The van der Waals surface area contributed by atoms with Gasteiger partial charge < -0.3 is 4.42 Å². The highest BCUT2D eigenvalue weighted by Crippen LogP contribution is 2.33. The summed E-state index contributed by atoms with van der Waals surface area (Å²) in [4.78, 5) is 8.05. The lowest BCUT2D eigenvalue weighted by Gasteiger charge is -2.24. The molecule has 4 aromatic rings. The van der Waals surface area contributed by atoms with Gasteiger partial charge in [0.05, 0.1) is 22.5 Å². The van der Waals surface area contributed by atoms with Crippen LogP contribution in [-0.2, 0) is 6.54 Å². The minimum absolute atomic E-state index is 0.556. The summed E-state index contributed by atoms with van der Waals surface area (Å²) in [6, 6.07) is 8.31. The molecule has 6 nitrogen and oxygen atoms in total. The van der Waals surface area contributed by atoms with Crippen molar-refractivity contribution in [1.82, 2.24) is 24.5 Å². The van der Waals surface area contributed by atoms with Gasteiger partial charge in [-0.3, -0.25) is 9.30 Å². The number of hydrogen-bond donors (Lipinski definition) is 0. The van der Waals surface area contributed by atoms with E-state index in [2.05, 4.69) is 31.6 Å². The molecule has 0 unspecified atom stereocenters. The van der Waals surface area contributed by atoms with E-state index in [1.165, 1.54) is 24.0 Å². The van der Waals surface area contributed by atoms with E-state index >= 15 is 0 Å². The monoisotopic (exact) mass is 353 g/mol. The summed E-state index contributed by atoms with van der Waals surface area (Å²) in [5.74, 6) is 1.24. The molecule has 0 aliphatic carbocycles. The average molecular weight is 353 g/mol. The number of aryl methyl sites for hydroxylation is 1. The molecule has 25 heavy (non-hydrogen) atoms. The van der Waals surface area contributed by atoms with E-state index in [9.17, 15) is 0 Å². The first-order valence-corrected chi connectivity index (χ1v) is 9.53. The third-order valence-electron chi connectivity index (χ3n) is 4.81. The molecule has 0 N–H and O–H groups in total. The zero-order valence-electron chi connectivity index (χ0n) is 14.1. The Bertz CT molecular complexity index is 1040. The Morgan fingerprint density at radius 1 is 1.12 bits per heavy atom. The van der Waals surface area contributed by atoms with E-state index in [0.717, 1.165) is 41.5 Å². The fourth-order valence-electron chi connectivity index (χ4n) is 3.59. The van der Waals surface area contributed by atoms with Gasteiger partial charge in [-0.15, -0.1) is 10.2 Å². The molecule has 1 saturated heterocycles. The zero-order chi connectivity index (χ0) is 16.8. The number of thiazole rings is 1. The summed E-state index contributed by atoms with van der Waals surface area (Å²) in [5, 5.41) is 8.60. The van der Waals surface area contributed by atoms with Gasteiger partial charge in [-0.25, -0.2) is 4.98 Å². The van der Waals surface area contributed by atoms with E-state index in [1.807, 2.05) is 19.1 Å². The van der Waals surface area contributed by atoms with E-state index in [1.54, 1.807) is 11.3 Å². The molecular weight excluding hydrogens is 334 g/mol. The van der Waals surface area contributed by atoms with Crippen molar-refractivity contribution in [3.63, 3.8) is 0 Å². The topological polar surface area (TPSA) is 59.5 Å². The lowest BCUT2D eigenvalue weighted by Crippen LogP contribution is -2.29. The number of nitrogens with zero attached hydrogens (tertiary/aromatic N) is 5. The highest BCUT2D eigenvalue weighted by atomic mass is 32.1. The molecule has 1 aliphatic heterocycles. The average Bonchev–Trinajstić information content (AvgIpc) is 3.29. The number of benzene rings is 1. The van der Waals surface area contributed by atoms with Crippen LogP contribution in [0.15, 0.2) is 28.7 Å². The maximum atomic E-state index is 6.02. The van der Waals surface area contributed by atoms with Crippen LogP contribution in [-0.4, -0.2) is 37.6 Å². The molecule has 0 radical (unpaired) electrons. The van der Waals surface area contributed by atoms with Crippen LogP contribution in [0.2, 0.25) is 0 Å². The maximum absolute atomic E-state index is 6.02. The van der Waals surface area contributed by atoms with Crippen LogP contribution in [0.4, 0.5) is 0 Å². The van der Waals surface area contributed by atoms with Gasteiger partial charge in [-0.05, 0) is 45.0 Å². The Hall–Kier alpha value is -2.25. The molecule has 4 heterocycles. The van der Waals surface area contributed by atoms with Crippen molar-refractivity contribution in [2.24, 2.45) is 0 Å². The first-order chi connectivity index (χ1) is 12.3. The summed E-state index contributed by atoms with van der Waals surface area (Å²) in [7, 11) is 0. The van der Waals surface area contributed by atoms with Crippen molar-refractivity contribution in [2.45, 2.75) is 32.7 Å². The van der Waals surface area contributed by atoms with Gasteiger partial charge in [0.2, 0.25) is 5.89 Å². The van der Waals surface area contributed by atoms with Crippen LogP contribution in [0.5, 0.6) is 0 Å². The minimum Gasteiger partial charge on any atom is -0.418 e. The van der Waals surface area contributed by atoms with Crippen LogP contribution in [0.3, 0.4) is 0 Å². The molecule has 5 rings (SSSR count). The first-order valence-electron chi connectivity index (χ1n) is 8.71. The van der Waals surface area contributed by atoms with E-state index in [0.29, 0.717) is 11.8 Å². The Balaban J connectivity index is 1.55. The van der Waals surface area contributed by atoms with Crippen LogP contribution in [0, 0.1) is 6.92 Å². The number of rotatable bonds is 3. The van der Waals surface area contributed by atoms with Crippen LogP contribution < -0.4 is 0 Å². The predicted octanol–water partition coefficient (Wildman–Crippen LogP) is 3.89. The van der Waals surface area contributed by atoms with Gasteiger partial charge in [0, 0.05) is 0 Å². The van der Waals surface area contributed by atoms with Gasteiger partial charge >= 0.3 is 0 Å². The van der Waals surface area contributed by atoms with Gasteiger partial charge in [0.15, 0.2) is 4.96 Å². The van der Waals surface area contributed by atoms with Gasteiger partial charge in [-0.1, -0.05) is 29.9 Å². The molecule has 1 fully saturated rings. The van der Waals surface area contributed by atoms with E-state index in [-0.39, 0.29) is 0 Å². The molecular formula is C18H19N5OS. The Morgan fingerprint density at radius 3 is 2.84 bits per heavy atom. The van der Waals surface area contributed by atoms with Crippen molar-refractivity contribution in [1.29, 1.82) is 0 Å². The van der Waals surface area contributed by atoms with Crippen LogP contribution >= 0.6 is 11.3 Å². The van der Waals surface area contributed by atoms with E-state index < -0.39 is 0 Å². The number of aromatic nitrogens is 4. The van der Waals surface area contributed by atoms with E-state index in [4.69, 9.17) is 9.40 Å². The second-order valence-corrected chi connectivity index (χ2v) is 7.58. The van der Waals surface area contributed by atoms with Crippen molar-refractivity contribution in [3.05, 3.63) is 35.9 Å². The van der Waals surface area contributed by atoms with Crippen LogP contribution in [0.25, 0.3) is 26.8 Å². The number of piperidine rings is 1. The van der Waals surface area contributed by atoms with Gasteiger partial charge in [0.1, 0.15) is 5.69 Å². The van der Waals surface area contributed by atoms with Crippen molar-refractivity contribution >= 4 is 26.5 Å². The highest BCUT2D eigenvalue weighted by molar-refractivity contribution is 7.23. The number of para-hydroxylation sites is 1. The van der Waals surface area contributed by atoms with Crippen molar-refractivity contribution in [3.8, 4) is 11.6 Å². The number of likely N-dealkylation sites (tertiary alicyclic amines) is 1. The highest BCUT2D eigenvalue weighted by Gasteiger charge is 2.21. The predicted molar refractivity (Wildman–Crippen MR) is 97.7 cm³/mol. The summed E-state index contributed by atoms with van der Waals surface area (Å²) in [6.07, 6.45) is 3.83. The first kappa shape index (κ1) is 15.0. The lowest BCUT2D eigenvalue weighted by atomic mass is 10.1. The summed E-state index contributed by atoms with van der Waals surface area (Å²) < 4.78 is 9.36. The molecule has 3 aromatic heterocycles. The molecule has 0 saturated carbocycles.